The fourth-order valence-corrected chi connectivity index (χ4v) is 3.28. The monoisotopic (exact) mass is 388 g/mol. The van der Waals surface area contributed by atoms with Crippen LogP contribution >= 0.6 is 0 Å². The average molecular weight is 388 g/mol. The Labute approximate surface area is 159 Å². The highest BCUT2D eigenvalue weighted by molar-refractivity contribution is 5.92. The lowest BCUT2D eigenvalue weighted by atomic mass is 10.1. The summed E-state index contributed by atoms with van der Waals surface area (Å²) in [4.78, 5) is 16.9. The number of hydrogen-bond donors (Lipinski definition) is 1. The summed E-state index contributed by atoms with van der Waals surface area (Å²) in [5.41, 5.74) is 1.99. The van der Waals surface area contributed by atoms with Crippen molar-refractivity contribution in [2.75, 3.05) is 5.32 Å². The maximum Gasteiger partial charge on any atom is 0.264 e. The van der Waals surface area contributed by atoms with Gasteiger partial charge in [0.2, 0.25) is 5.91 Å². The molecule has 0 bridgehead atoms. The number of carbonyl (C=O) groups excluding carboxylic acids is 1. The second-order valence-electron chi connectivity index (χ2n) is 7.17. The van der Waals surface area contributed by atoms with Crippen LogP contribution in [-0.2, 0) is 11.3 Å². The summed E-state index contributed by atoms with van der Waals surface area (Å²) in [7, 11) is 0. The van der Waals surface area contributed by atoms with E-state index in [1.54, 1.807) is 26.0 Å². The summed E-state index contributed by atoms with van der Waals surface area (Å²) in [6.45, 7) is 3.05. The number of amides is 1. The number of hydrogen-bond acceptors (Lipinski definition) is 3. The molecule has 1 fully saturated rings. The van der Waals surface area contributed by atoms with Crippen molar-refractivity contribution in [1.82, 2.24) is 14.8 Å². The van der Waals surface area contributed by atoms with Crippen LogP contribution in [0.5, 0.6) is 0 Å². The zero-order valence-corrected chi connectivity index (χ0v) is 15.5. The Morgan fingerprint density at radius 2 is 2.04 bits per heavy atom. The highest BCUT2D eigenvalue weighted by Crippen LogP contribution is 2.41. The Morgan fingerprint density at radius 3 is 2.68 bits per heavy atom. The third-order valence-corrected chi connectivity index (χ3v) is 4.91. The predicted octanol–water partition coefficient (Wildman–Crippen LogP) is 4.64. The molecular weight excluding hydrogens is 369 g/mol. The van der Waals surface area contributed by atoms with Crippen LogP contribution in [0.25, 0.3) is 11.0 Å². The standard InChI is InChI=1S/C20H19F3N4O/c1-10-3-6-13(7-15(10)21)24-17(28)9-27-20-18(11(2)26-27)14(19(22)23)8-16(25-20)12-4-5-12/h3,6-8,12,19H,4-5,9H2,1-2H3,(H,24,28). The first-order valence-electron chi connectivity index (χ1n) is 9.05. The molecule has 0 saturated heterocycles. The van der Waals surface area contributed by atoms with Gasteiger partial charge in [-0.2, -0.15) is 5.10 Å². The van der Waals surface area contributed by atoms with E-state index in [-0.39, 0.29) is 29.1 Å². The van der Waals surface area contributed by atoms with E-state index in [0.29, 0.717) is 22.6 Å². The number of rotatable bonds is 5. The number of aryl methyl sites for hydroxylation is 2. The Kier molecular flexibility index (Phi) is 4.56. The molecule has 2 heterocycles. The van der Waals surface area contributed by atoms with Crippen LogP contribution in [0.3, 0.4) is 0 Å². The first-order valence-corrected chi connectivity index (χ1v) is 9.05. The lowest BCUT2D eigenvalue weighted by Gasteiger charge is -2.09. The van der Waals surface area contributed by atoms with Gasteiger partial charge in [0.25, 0.3) is 6.43 Å². The van der Waals surface area contributed by atoms with E-state index < -0.39 is 18.1 Å². The zero-order chi connectivity index (χ0) is 20.0. The van der Waals surface area contributed by atoms with Crippen LogP contribution in [0, 0.1) is 19.7 Å². The summed E-state index contributed by atoms with van der Waals surface area (Å²) < 4.78 is 42.2. The van der Waals surface area contributed by atoms with Crippen molar-refractivity contribution in [1.29, 1.82) is 0 Å². The number of nitrogens with zero attached hydrogens (tertiary/aromatic N) is 3. The third-order valence-electron chi connectivity index (χ3n) is 4.91. The van der Waals surface area contributed by atoms with Gasteiger partial charge in [-0.05, 0) is 50.5 Å². The normalized spacial score (nSPS) is 14.1. The molecule has 0 unspecified atom stereocenters. The minimum absolute atomic E-state index is 0.100. The van der Waals surface area contributed by atoms with Gasteiger partial charge in [0, 0.05) is 22.9 Å². The fraction of sp³-hybridized carbons (Fsp3) is 0.350. The molecule has 0 atom stereocenters. The van der Waals surface area contributed by atoms with Crippen LogP contribution < -0.4 is 5.32 Å². The van der Waals surface area contributed by atoms with E-state index in [2.05, 4.69) is 15.4 Å². The number of aromatic nitrogens is 3. The van der Waals surface area contributed by atoms with Gasteiger partial charge in [0.05, 0.1) is 11.1 Å². The second-order valence-corrected chi connectivity index (χ2v) is 7.17. The number of alkyl halides is 2. The van der Waals surface area contributed by atoms with Gasteiger partial charge in [-0.3, -0.25) is 4.79 Å². The lowest BCUT2D eigenvalue weighted by Crippen LogP contribution is -2.20. The van der Waals surface area contributed by atoms with Crippen molar-refractivity contribution in [3.8, 4) is 0 Å². The van der Waals surface area contributed by atoms with Crippen LogP contribution in [0.4, 0.5) is 18.9 Å². The fourth-order valence-electron chi connectivity index (χ4n) is 3.28. The largest absolute Gasteiger partial charge is 0.324 e. The smallest absolute Gasteiger partial charge is 0.264 e. The van der Waals surface area contributed by atoms with E-state index in [0.717, 1.165) is 12.8 Å². The number of nitrogens with one attached hydrogen (secondary N) is 1. The average Bonchev–Trinajstić information content (AvgIpc) is 3.44. The molecule has 1 amide bonds. The van der Waals surface area contributed by atoms with Crippen LogP contribution in [0.1, 0.15) is 47.7 Å². The molecule has 4 rings (SSSR count). The molecule has 3 aromatic rings. The van der Waals surface area contributed by atoms with Gasteiger partial charge >= 0.3 is 0 Å². The van der Waals surface area contributed by atoms with Crippen molar-refractivity contribution in [3.05, 3.63) is 52.6 Å². The van der Waals surface area contributed by atoms with Gasteiger partial charge in [-0.15, -0.1) is 0 Å². The van der Waals surface area contributed by atoms with E-state index in [4.69, 9.17) is 0 Å². The Balaban J connectivity index is 1.66. The molecule has 8 heteroatoms. The molecule has 1 aliphatic rings. The van der Waals surface area contributed by atoms with Gasteiger partial charge < -0.3 is 5.32 Å². The second kappa shape index (κ2) is 6.92. The molecule has 28 heavy (non-hydrogen) atoms. The summed E-state index contributed by atoms with van der Waals surface area (Å²) in [5, 5.41) is 7.14. The maximum absolute atomic E-state index is 13.7. The highest BCUT2D eigenvalue weighted by atomic mass is 19.3. The van der Waals surface area contributed by atoms with Crippen molar-refractivity contribution in [3.63, 3.8) is 0 Å². The predicted molar refractivity (Wildman–Crippen MR) is 99.0 cm³/mol. The Hall–Kier alpha value is -2.90. The maximum atomic E-state index is 13.7. The number of anilines is 1. The number of benzene rings is 1. The molecule has 0 spiro atoms. The van der Waals surface area contributed by atoms with E-state index in [9.17, 15) is 18.0 Å². The Morgan fingerprint density at radius 1 is 1.29 bits per heavy atom. The first kappa shape index (κ1) is 18.5. The highest BCUT2D eigenvalue weighted by Gasteiger charge is 2.29. The summed E-state index contributed by atoms with van der Waals surface area (Å²) in [6, 6.07) is 5.86. The molecule has 0 radical (unpaired) electrons. The summed E-state index contributed by atoms with van der Waals surface area (Å²) >= 11 is 0. The molecule has 1 N–H and O–H groups in total. The van der Waals surface area contributed by atoms with E-state index >= 15 is 0 Å². The van der Waals surface area contributed by atoms with Crippen molar-refractivity contribution >= 4 is 22.6 Å². The van der Waals surface area contributed by atoms with E-state index in [1.165, 1.54) is 16.8 Å². The molecular formula is C20H19F3N4O. The molecule has 1 aliphatic carbocycles. The van der Waals surface area contributed by atoms with Crippen LogP contribution in [-0.4, -0.2) is 20.7 Å². The SMILES string of the molecule is Cc1ccc(NC(=O)Cn2nc(C)c3c(C(F)F)cc(C4CC4)nc32)cc1F. The molecule has 2 aromatic heterocycles. The summed E-state index contributed by atoms with van der Waals surface area (Å²) in [5.74, 6) is -0.671. The van der Waals surface area contributed by atoms with Gasteiger partial charge in [-0.1, -0.05) is 6.07 Å². The number of carbonyl (C=O) groups is 1. The molecule has 1 aromatic carbocycles. The van der Waals surface area contributed by atoms with Crippen LogP contribution in [0.2, 0.25) is 0 Å². The molecule has 146 valence electrons. The quantitative estimate of drug-likeness (QED) is 0.693. The molecule has 1 saturated carbocycles. The minimum atomic E-state index is -2.65. The van der Waals surface area contributed by atoms with Crippen molar-refractivity contribution in [2.45, 2.75) is 45.6 Å². The first-order chi connectivity index (χ1) is 13.3. The lowest BCUT2D eigenvalue weighted by molar-refractivity contribution is -0.116. The van der Waals surface area contributed by atoms with Crippen LogP contribution in [0.15, 0.2) is 24.3 Å². The number of fused-ring (bicyclic) bond motifs is 1. The van der Waals surface area contributed by atoms with Gasteiger partial charge in [0.15, 0.2) is 5.65 Å². The number of halogens is 3. The van der Waals surface area contributed by atoms with Crippen molar-refractivity contribution in [2.24, 2.45) is 0 Å². The number of pyridine rings is 1. The zero-order valence-electron chi connectivity index (χ0n) is 15.5. The third kappa shape index (κ3) is 3.46. The summed E-state index contributed by atoms with van der Waals surface area (Å²) in [6.07, 6.45) is -0.801. The Bertz CT molecular complexity index is 1070. The minimum Gasteiger partial charge on any atom is -0.324 e. The van der Waals surface area contributed by atoms with Gasteiger partial charge in [-0.25, -0.2) is 22.8 Å². The molecule has 0 aliphatic heterocycles. The van der Waals surface area contributed by atoms with E-state index in [1.807, 2.05) is 0 Å². The van der Waals surface area contributed by atoms with Crippen molar-refractivity contribution < 1.29 is 18.0 Å². The topological polar surface area (TPSA) is 59.8 Å². The molecule has 5 nitrogen and oxygen atoms in total. The van der Waals surface area contributed by atoms with Gasteiger partial charge in [0.1, 0.15) is 12.4 Å².